The van der Waals surface area contributed by atoms with Crippen LogP contribution >= 0.6 is 11.8 Å². The zero-order valence-electron chi connectivity index (χ0n) is 11.2. The van der Waals surface area contributed by atoms with Gasteiger partial charge in [-0.1, -0.05) is 11.8 Å². The maximum absolute atomic E-state index is 11.3. The standard InChI is InChI=1S/C13H18N2O4S/c16-11-5-7-15(13(14-11)20-9-12(17)18)6-4-10-3-1-2-8-19-10/h5,7,10H,1-4,6,8-9H2,(H,17,18). The molecule has 1 unspecified atom stereocenters. The van der Waals surface area contributed by atoms with Crippen LogP contribution in [0.5, 0.6) is 0 Å². The molecule has 1 aliphatic rings. The van der Waals surface area contributed by atoms with Crippen molar-refractivity contribution in [2.45, 2.75) is 43.5 Å². The Hall–Kier alpha value is -1.34. The number of aliphatic carboxylic acids is 1. The molecule has 0 radical (unpaired) electrons. The lowest BCUT2D eigenvalue weighted by atomic mass is 10.1. The Bertz CT molecular complexity index is 511. The van der Waals surface area contributed by atoms with Gasteiger partial charge in [0.05, 0.1) is 11.9 Å². The van der Waals surface area contributed by atoms with E-state index < -0.39 is 5.97 Å². The zero-order chi connectivity index (χ0) is 14.4. The predicted molar refractivity (Wildman–Crippen MR) is 75.1 cm³/mol. The fourth-order valence-electron chi connectivity index (χ4n) is 2.14. The van der Waals surface area contributed by atoms with Gasteiger partial charge in [-0.05, 0) is 25.7 Å². The summed E-state index contributed by atoms with van der Waals surface area (Å²) >= 11 is 1.07. The molecule has 110 valence electrons. The molecule has 7 heteroatoms. The third-order valence-corrected chi connectivity index (χ3v) is 4.11. The van der Waals surface area contributed by atoms with Crippen molar-refractivity contribution in [1.82, 2.24) is 9.55 Å². The summed E-state index contributed by atoms with van der Waals surface area (Å²) in [6.07, 6.45) is 6.14. The molecule has 0 aromatic carbocycles. The van der Waals surface area contributed by atoms with E-state index in [1.807, 2.05) is 4.57 Å². The molecule has 6 nitrogen and oxygen atoms in total. The van der Waals surface area contributed by atoms with Gasteiger partial charge in [0, 0.05) is 25.4 Å². The molecule has 1 aromatic rings. The van der Waals surface area contributed by atoms with Crippen LogP contribution in [-0.4, -0.2) is 39.1 Å². The summed E-state index contributed by atoms with van der Waals surface area (Å²) in [5.41, 5.74) is -0.344. The van der Waals surface area contributed by atoms with E-state index in [-0.39, 0.29) is 17.4 Å². The third-order valence-electron chi connectivity index (χ3n) is 3.14. The highest BCUT2D eigenvalue weighted by atomic mass is 32.2. The van der Waals surface area contributed by atoms with Gasteiger partial charge in [0.1, 0.15) is 0 Å². The van der Waals surface area contributed by atoms with Gasteiger partial charge in [0.15, 0.2) is 5.16 Å². The van der Waals surface area contributed by atoms with Crippen LogP contribution in [0, 0.1) is 0 Å². The van der Waals surface area contributed by atoms with Crippen LogP contribution in [0.4, 0.5) is 0 Å². The van der Waals surface area contributed by atoms with E-state index in [1.165, 1.54) is 12.5 Å². The second kappa shape index (κ2) is 7.44. The van der Waals surface area contributed by atoms with Crippen LogP contribution in [0.2, 0.25) is 0 Å². The van der Waals surface area contributed by atoms with Gasteiger partial charge in [-0.15, -0.1) is 0 Å². The maximum atomic E-state index is 11.3. The number of ether oxygens (including phenoxy) is 1. The molecule has 2 heterocycles. The van der Waals surface area contributed by atoms with Gasteiger partial charge in [-0.25, -0.2) is 0 Å². The number of hydrogen-bond donors (Lipinski definition) is 1. The first kappa shape index (κ1) is 15.1. The number of aryl methyl sites for hydroxylation is 1. The molecule has 1 saturated heterocycles. The summed E-state index contributed by atoms with van der Waals surface area (Å²) in [7, 11) is 0. The van der Waals surface area contributed by atoms with Gasteiger partial charge < -0.3 is 14.4 Å². The van der Waals surface area contributed by atoms with E-state index in [9.17, 15) is 9.59 Å². The van der Waals surface area contributed by atoms with Gasteiger partial charge in [0.25, 0.3) is 5.56 Å². The number of carbonyl (C=O) groups is 1. The van der Waals surface area contributed by atoms with Crippen molar-refractivity contribution >= 4 is 17.7 Å². The molecule has 0 amide bonds. The average molecular weight is 298 g/mol. The van der Waals surface area contributed by atoms with E-state index >= 15 is 0 Å². The van der Waals surface area contributed by atoms with Crippen LogP contribution < -0.4 is 5.56 Å². The van der Waals surface area contributed by atoms with Crippen LogP contribution in [0.3, 0.4) is 0 Å². The molecule has 1 aromatic heterocycles. The molecule has 1 N–H and O–H groups in total. The van der Waals surface area contributed by atoms with E-state index in [4.69, 9.17) is 9.84 Å². The van der Waals surface area contributed by atoms with Crippen molar-refractivity contribution < 1.29 is 14.6 Å². The minimum Gasteiger partial charge on any atom is -0.481 e. The first-order valence-corrected chi connectivity index (χ1v) is 7.67. The normalized spacial score (nSPS) is 18.9. The smallest absolute Gasteiger partial charge is 0.313 e. The number of thioether (sulfide) groups is 1. The molecule has 0 bridgehead atoms. The SMILES string of the molecule is O=C(O)CSc1nc(=O)ccn1CCC1CCCCO1. The predicted octanol–water partition coefficient (Wildman–Crippen LogP) is 1.38. The summed E-state index contributed by atoms with van der Waals surface area (Å²) < 4.78 is 7.49. The van der Waals surface area contributed by atoms with E-state index in [2.05, 4.69) is 4.98 Å². The number of rotatable bonds is 6. The third kappa shape index (κ3) is 4.64. The molecule has 0 saturated carbocycles. The second-order valence-corrected chi connectivity index (χ2v) is 5.64. The molecular formula is C13H18N2O4S. The first-order valence-electron chi connectivity index (χ1n) is 6.69. The molecule has 1 aliphatic heterocycles. The lowest BCUT2D eigenvalue weighted by Crippen LogP contribution is -2.22. The number of carboxylic acid groups (broad SMARTS) is 1. The summed E-state index contributed by atoms with van der Waals surface area (Å²) in [4.78, 5) is 25.8. The highest BCUT2D eigenvalue weighted by molar-refractivity contribution is 7.99. The lowest BCUT2D eigenvalue weighted by molar-refractivity contribution is -0.133. The van der Waals surface area contributed by atoms with Crippen molar-refractivity contribution in [1.29, 1.82) is 0 Å². The summed E-state index contributed by atoms with van der Waals surface area (Å²) in [5, 5.41) is 9.17. The Morgan fingerprint density at radius 2 is 2.40 bits per heavy atom. The van der Waals surface area contributed by atoms with E-state index in [0.29, 0.717) is 11.7 Å². The van der Waals surface area contributed by atoms with Crippen LogP contribution in [0.25, 0.3) is 0 Å². The Labute approximate surface area is 121 Å². The van der Waals surface area contributed by atoms with Crippen molar-refractivity contribution in [3.8, 4) is 0 Å². The molecule has 1 fully saturated rings. The Balaban J connectivity index is 1.98. The van der Waals surface area contributed by atoms with E-state index in [0.717, 1.165) is 37.6 Å². The molecule has 0 spiro atoms. The largest absolute Gasteiger partial charge is 0.481 e. The molecule has 20 heavy (non-hydrogen) atoms. The Morgan fingerprint density at radius 3 is 3.10 bits per heavy atom. The molecule has 1 atom stereocenters. The van der Waals surface area contributed by atoms with Crippen molar-refractivity contribution in [2.75, 3.05) is 12.4 Å². The summed E-state index contributed by atoms with van der Waals surface area (Å²) in [6.45, 7) is 1.49. The first-order chi connectivity index (χ1) is 9.65. The monoisotopic (exact) mass is 298 g/mol. The number of aromatic nitrogens is 2. The Kier molecular flexibility index (Phi) is 5.60. The topological polar surface area (TPSA) is 81.4 Å². The van der Waals surface area contributed by atoms with Crippen molar-refractivity contribution in [3.63, 3.8) is 0 Å². The van der Waals surface area contributed by atoms with Gasteiger partial charge >= 0.3 is 5.97 Å². The molecular weight excluding hydrogens is 280 g/mol. The minimum absolute atomic E-state index is 0.101. The summed E-state index contributed by atoms with van der Waals surface area (Å²) in [5.74, 6) is -1.02. The van der Waals surface area contributed by atoms with Gasteiger partial charge in [-0.3, -0.25) is 9.59 Å². The minimum atomic E-state index is -0.921. The zero-order valence-corrected chi connectivity index (χ0v) is 12.0. The van der Waals surface area contributed by atoms with Crippen molar-refractivity contribution in [2.24, 2.45) is 0 Å². The van der Waals surface area contributed by atoms with Crippen LogP contribution in [0.15, 0.2) is 22.2 Å². The number of nitrogens with zero attached hydrogens (tertiary/aromatic N) is 2. The maximum Gasteiger partial charge on any atom is 0.313 e. The van der Waals surface area contributed by atoms with Crippen LogP contribution in [0.1, 0.15) is 25.7 Å². The number of hydrogen-bond acceptors (Lipinski definition) is 5. The fourth-order valence-corrected chi connectivity index (χ4v) is 2.87. The van der Waals surface area contributed by atoms with Gasteiger partial charge in [-0.2, -0.15) is 4.98 Å². The lowest BCUT2D eigenvalue weighted by Gasteiger charge is -2.23. The van der Waals surface area contributed by atoms with Crippen LogP contribution in [-0.2, 0) is 16.1 Å². The fraction of sp³-hybridized carbons (Fsp3) is 0.615. The van der Waals surface area contributed by atoms with Gasteiger partial charge in [0.2, 0.25) is 0 Å². The van der Waals surface area contributed by atoms with E-state index in [1.54, 1.807) is 6.20 Å². The molecule has 0 aliphatic carbocycles. The highest BCUT2D eigenvalue weighted by Crippen LogP contribution is 2.18. The number of carboxylic acids is 1. The molecule has 2 rings (SSSR count). The highest BCUT2D eigenvalue weighted by Gasteiger charge is 2.14. The van der Waals surface area contributed by atoms with Crippen molar-refractivity contribution in [3.05, 3.63) is 22.6 Å². The summed E-state index contributed by atoms with van der Waals surface area (Å²) in [6, 6.07) is 1.40. The Morgan fingerprint density at radius 1 is 1.55 bits per heavy atom. The average Bonchev–Trinajstić information content (AvgIpc) is 2.45. The second-order valence-electron chi connectivity index (χ2n) is 4.70. The quantitative estimate of drug-likeness (QED) is 0.631.